The molecule has 0 radical (unpaired) electrons. The first-order chi connectivity index (χ1) is 15.9. The van der Waals surface area contributed by atoms with E-state index in [4.69, 9.17) is 4.98 Å². The number of imidazole rings is 1. The molecule has 2 unspecified atom stereocenters. The lowest BCUT2D eigenvalue weighted by molar-refractivity contribution is -0.0700. The van der Waals surface area contributed by atoms with Crippen molar-refractivity contribution in [3.8, 4) is 11.3 Å². The van der Waals surface area contributed by atoms with Gasteiger partial charge in [0.05, 0.1) is 23.3 Å². The van der Waals surface area contributed by atoms with Crippen molar-refractivity contribution in [1.82, 2.24) is 9.55 Å². The van der Waals surface area contributed by atoms with E-state index in [0.29, 0.717) is 0 Å². The van der Waals surface area contributed by atoms with Crippen LogP contribution < -0.4 is 0 Å². The lowest BCUT2D eigenvalue weighted by Crippen LogP contribution is -2.48. The van der Waals surface area contributed by atoms with E-state index in [0.717, 1.165) is 53.7 Å². The number of thiophene rings is 1. The molecule has 0 saturated heterocycles. The average Bonchev–Trinajstić information content (AvgIpc) is 3.41. The summed E-state index contributed by atoms with van der Waals surface area (Å²) in [5.41, 5.74) is 4.21. The molecule has 1 saturated carbocycles. The maximum Gasteiger partial charge on any atom is 0.123 e. The highest BCUT2D eigenvalue weighted by Gasteiger charge is 2.51. The van der Waals surface area contributed by atoms with Gasteiger partial charge in [-0.15, -0.1) is 11.3 Å². The summed E-state index contributed by atoms with van der Waals surface area (Å²) in [6.07, 6.45) is 7.25. The van der Waals surface area contributed by atoms with Gasteiger partial charge in [0.25, 0.3) is 0 Å². The van der Waals surface area contributed by atoms with E-state index in [1.807, 2.05) is 13.3 Å². The Morgan fingerprint density at radius 2 is 1.97 bits per heavy atom. The standard InChI is InChI=1S/C28H27FN2OS/c1-27-16-31-17-30-26(18-10-12-20(29)13-11-18)23(31)14-19(27)6-5-9-25(27)28(2,32)22-15-33-24-8-4-3-7-21(22)24/h3-4,7-8,10-15,17,25,32H,5-6,9,16H2,1-2H3/t25?,27?,28-/m1/s1. The first-order valence-electron chi connectivity index (χ1n) is 11.6. The second-order valence-corrected chi connectivity index (χ2v) is 10.8. The summed E-state index contributed by atoms with van der Waals surface area (Å²) in [6, 6.07) is 14.9. The average molecular weight is 459 g/mol. The fourth-order valence-electron chi connectivity index (χ4n) is 6.25. The highest BCUT2D eigenvalue weighted by Crippen LogP contribution is 2.56. The number of aliphatic hydroxyl groups is 1. The number of rotatable bonds is 3. The van der Waals surface area contributed by atoms with E-state index in [-0.39, 0.29) is 17.2 Å². The molecular weight excluding hydrogens is 431 g/mol. The normalized spacial score (nSPS) is 24.1. The largest absolute Gasteiger partial charge is 0.385 e. The smallest absolute Gasteiger partial charge is 0.123 e. The fourth-order valence-corrected chi connectivity index (χ4v) is 7.32. The molecule has 3 heterocycles. The van der Waals surface area contributed by atoms with Crippen molar-refractivity contribution in [1.29, 1.82) is 0 Å². The highest BCUT2D eigenvalue weighted by atomic mass is 32.1. The van der Waals surface area contributed by atoms with Gasteiger partial charge in [-0.1, -0.05) is 30.7 Å². The van der Waals surface area contributed by atoms with Crippen molar-refractivity contribution < 1.29 is 9.50 Å². The second-order valence-electron chi connectivity index (χ2n) is 9.94. The van der Waals surface area contributed by atoms with Gasteiger partial charge < -0.3 is 9.67 Å². The van der Waals surface area contributed by atoms with Crippen LogP contribution in [0.2, 0.25) is 0 Å². The monoisotopic (exact) mass is 458 g/mol. The van der Waals surface area contributed by atoms with Crippen molar-refractivity contribution in [2.24, 2.45) is 11.3 Å². The van der Waals surface area contributed by atoms with Gasteiger partial charge in [-0.25, -0.2) is 9.37 Å². The number of halogens is 1. The minimum absolute atomic E-state index is 0.0906. The van der Waals surface area contributed by atoms with Crippen molar-refractivity contribution in [3.05, 3.63) is 82.9 Å². The summed E-state index contributed by atoms with van der Waals surface area (Å²) < 4.78 is 16.9. The SMILES string of the molecule is CC12Cn3cnc(-c4ccc(F)cc4)c3C=C1CCCC2[C@](C)(O)c1csc2ccccc12. The van der Waals surface area contributed by atoms with Crippen LogP contribution in [0.3, 0.4) is 0 Å². The minimum Gasteiger partial charge on any atom is -0.385 e. The van der Waals surface area contributed by atoms with Crippen molar-refractivity contribution in [2.75, 3.05) is 0 Å². The van der Waals surface area contributed by atoms with Gasteiger partial charge in [0, 0.05) is 33.7 Å². The Bertz CT molecular complexity index is 1380. The zero-order chi connectivity index (χ0) is 22.8. The van der Waals surface area contributed by atoms with Crippen molar-refractivity contribution in [3.63, 3.8) is 0 Å². The zero-order valence-corrected chi connectivity index (χ0v) is 19.7. The van der Waals surface area contributed by atoms with Gasteiger partial charge in [-0.2, -0.15) is 0 Å². The van der Waals surface area contributed by atoms with E-state index in [9.17, 15) is 9.50 Å². The molecule has 2 aliphatic rings. The molecule has 0 spiro atoms. The molecular formula is C28H27FN2OS. The van der Waals surface area contributed by atoms with Crippen molar-refractivity contribution >= 4 is 27.5 Å². The van der Waals surface area contributed by atoms with Gasteiger partial charge in [0.1, 0.15) is 5.82 Å². The van der Waals surface area contributed by atoms with Gasteiger partial charge in [-0.05, 0) is 73.4 Å². The van der Waals surface area contributed by atoms with Gasteiger partial charge in [0.2, 0.25) is 0 Å². The molecule has 2 aromatic carbocycles. The summed E-state index contributed by atoms with van der Waals surface area (Å²) in [4.78, 5) is 4.70. The number of aromatic nitrogens is 2. The van der Waals surface area contributed by atoms with E-state index >= 15 is 0 Å². The Morgan fingerprint density at radius 3 is 2.79 bits per heavy atom. The number of nitrogens with zero attached hydrogens (tertiary/aromatic N) is 2. The lowest BCUT2D eigenvalue weighted by atomic mass is 9.57. The van der Waals surface area contributed by atoms with Crippen LogP contribution in [0.25, 0.3) is 27.4 Å². The summed E-state index contributed by atoms with van der Waals surface area (Å²) >= 11 is 1.71. The molecule has 3 nitrogen and oxygen atoms in total. The predicted octanol–water partition coefficient (Wildman–Crippen LogP) is 7.02. The van der Waals surface area contributed by atoms with Gasteiger partial charge in [-0.3, -0.25) is 0 Å². The van der Waals surface area contributed by atoms with Crippen LogP contribution in [0.1, 0.15) is 44.4 Å². The van der Waals surface area contributed by atoms with E-state index in [2.05, 4.69) is 47.2 Å². The third-order valence-corrected chi connectivity index (χ3v) is 8.92. The Hall–Kier alpha value is -2.76. The third kappa shape index (κ3) is 3.13. The predicted molar refractivity (Wildman–Crippen MR) is 132 cm³/mol. The topological polar surface area (TPSA) is 38.0 Å². The molecule has 33 heavy (non-hydrogen) atoms. The maximum absolute atomic E-state index is 13.4. The summed E-state index contributed by atoms with van der Waals surface area (Å²) in [5, 5.41) is 15.4. The molecule has 1 aliphatic heterocycles. The minimum atomic E-state index is -0.939. The number of benzene rings is 2. The van der Waals surface area contributed by atoms with Crippen LogP contribution in [0.15, 0.2) is 65.8 Å². The molecule has 168 valence electrons. The summed E-state index contributed by atoms with van der Waals surface area (Å²) in [5.74, 6) is -0.149. The molecule has 3 atom stereocenters. The fraction of sp³-hybridized carbons (Fsp3) is 0.321. The van der Waals surface area contributed by atoms with Gasteiger partial charge in [0.15, 0.2) is 0 Å². The first-order valence-corrected chi connectivity index (χ1v) is 12.5. The molecule has 1 N–H and O–H groups in total. The number of fused-ring (bicyclic) bond motifs is 3. The number of hydrogen-bond donors (Lipinski definition) is 1. The molecule has 5 heteroatoms. The van der Waals surface area contributed by atoms with Crippen LogP contribution in [0.4, 0.5) is 4.39 Å². The van der Waals surface area contributed by atoms with Gasteiger partial charge >= 0.3 is 0 Å². The lowest BCUT2D eigenvalue weighted by Gasteiger charge is -2.51. The molecule has 1 fully saturated rings. The third-order valence-electron chi connectivity index (χ3n) is 7.95. The Morgan fingerprint density at radius 1 is 1.18 bits per heavy atom. The Labute approximate surface area is 197 Å². The van der Waals surface area contributed by atoms with E-state index in [1.165, 1.54) is 22.4 Å². The summed E-state index contributed by atoms with van der Waals surface area (Å²) in [6.45, 7) is 5.10. The zero-order valence-electron chi connectivity index (χ0n) is 18.9. The Balaban J connectivity index is 1.42. The first kappa shape index (κ1) is 20.8. The molecule has 1 aliphatic carbocycles. The van der Waals surface area contributed by atoms with Crippen LogP contribution >= 0.6 is 11.3 Å². The quantitative estimate of drug-likeness (QED) is 0.358. The molecule has 2 aromatic heterocycles. The van der Waals surface area contributed by atoms with Crippen LogP contribution in [0.5, 0.6) is 0 Å². The molecule has 0 amide bonds. The van der Waals surface area contributed by atoms with Crippen molar-refractivity contribution in [2.45, 2.75) is 45.3 Å². The molecule has 6 rings (SSSR count). The van der Waals surface area contributed by atoms with Crippen LogP contribution in [-0.4, -0.2) is 14.7 Å². The number of hydrogen-bond acceptors (Lipinski definition) is 3. The van der Waals surface area contributed by atoms with E-state index in [1.54, 1.807) is 23.5 Å². The van der Waals surface area contributed by atoms with Crippen LogP contribution in [-0.2, 0) is 12.1 Å². The highest BCUT2D eigenvalue weighted by molar-refractivity contribution is 7.17. The number of allylic oxidation sites excluding steroid dienone is 1. The van der Waals surface area contributed by atoms with Crippen LogP contribution in [0, 0.1) is 17.2 Å². The Kier molecular flexibility index (Phi) is 4.65. The molecule has 0 bridgehead atoms. The summed E-state index contributed by atoms with van der Waals surface area (Å²) in [7, 11) is 0. The molecule has 4 aromatic rings. The maximum atomic E-state index is 13.4. The van der Waals surface area contributed by atoms with E-state index < -0.39 is 5.60 Å². The second kappa shape index (κ2) is 7.37.